The molecule has 2 aliphatic rings. The van der Waals surface area contributed by atoms with Gasteiger partial charge < -0.3 is 29.6 Å². The quantitative estimate of drug-likeness (QED) is 0.323. The predicted octanol–water partition coefficient (Wildman–Crippen LogP) is 5.62. The summed E-state index contributed by atoms with van der Waals surface area (Å²) < 4.78 is 21.7. The van der Waals surface area contributed by atoms with Gasteiger partial charge in [-0.2, -0.15) is 0 Å². The fourth-order valence-corrected chi connectivity index (χ4v) is 5.19. The Balaban J connectivity index is 1.58. The fraction of sp³-hybridized carbons (Fsp3) is 0.267. The van der Waals surface area contributed by atoms with Crippen molar-refractivity contribution in [3.8, 4) is 23.0 Å². The highest BCUT2D eigenvalue weighted by Gasteiger charge is 2.36. The SMILES string of the molecule is COc1ccc([C@@H]2CC(=O)C3=C(C2)Nc2ccccc2N[C@@H]3c2ccc(OC(C)=O)c(OC)c2)cc1OC. The topological polar surface area (TPSA) is 95.1 Å². The number of ether oxygens (including phenoxy) is 4. The summed E-state index contributed by atoms with van der Waals surface area (Å²) in [4.78, 5) is 25.4. The van der Waals surface area contributed by atoms with E-state index in [0.717, 1.165) is 28.2 Å². The van der Waals surface area contributed by atoms with Gasteiger partial charge in [0.2, 0.25) is 0 Å². The number of methoxy groups -OCH3 is 3. The molecule has 0 saturated carbocycles. The largest absolute Gasteiger partial charge is 0.493 e. The zero-order chi connectivity index (χ0) is 26.8. The second-order valence-electron chi connectivity index (χ2n) is 9.29. The van der Waals surface area contributed by atoms with Crippen LogP contribution in [0.2, 0.25) is 0 Å². The smallest absolute Gasteiger partial charge is 0.308 e. The Hall–Kier alpha value is -4.46. The summed E-state index contributed by atoms with van der Waals surface area (Å²) in [6.07, 6.45) is 0.999. The minimum absolute atomic E-state index is 0.0275. The number of hydrogen-bond acceptors (Lipinski definition) is 8. The number of fused-ring (bicyclic) bond motifs is 1. The number of anilines is 2. The van der Waals surface area contributed by atoms with E-state index in [1.54, 1.807) is 20.3 Å². The van der Waals surface area contributed by atoms with E-state index in [2.05, 4.69) is 10.6 Å². The summed E-state index contributed by atoms with van der Waals surface area (Å²) in [5.74, 6) is 1.61. The Kier molecular flexibility index (Phi) is 6.96. The number of Topliss-reactive ketones (excluding diaryl/α,β-unsaturated/α-hetero) is 1. The molecule has 8 nitrogen and oxygen atoms in total. The van der Waals surface area contributed by atoms with Crippen molar-refractivity contribution in [3.63, 3.8) is 0 Å². The predicted molar refractivity (Wildman–Crippen MR) is 144 cm³/mol. The number of hydrogen-bond donors (Lipinski definition) is 2. The summed E-state index contributed by atoms with van der Waals surface area (Å²) in [6, 6.07) is 18.6. The highest BCUT2D eigenvalue weighted by molar-refractivity contribution is 6.01. The number of para-hydroxylation sites is 2. The third kappa shape index (κ3) is 4.77. The lowest BCUT2D eigenvalue weighted by molar-refractivity contribution is -0.132. The lowest BCUT2D eigenvalue weighted by Crippen LogP contribution is -2.27. The summed E-state index contributed by atoms with van der Waals surface area (Å²) in [6.45, 7) is 1.34. The highest BCUT2D eigenvalue weighted by atomic mass is 16.6. The van der Waals surface area contributed by atoms with E-state index in [1.165, 1.54) is 14.0 Å². The molecule has 0 amide bonds. The van der Waals surface area contributed by atoms with E-state index in [4.69, 9.17) is 18.9 Å². The van der Waals surface area contributed by atoms with E-state index in [9.17, 15) is 9.59 Å². The molecule has 1 heterocycles. The second-order valence-corrected chi connectivity index (χ2v) is 9.29. The molecule has 0 bridgehead atoms. The average molecular weight is 515 g/mol. The minimum Gasteiger partial charge on any atom is -0.493 e. The first-order valence-electron chi connectivity index (χ1n) is 12.4. The van der Waals surface area contributed by atoms with E-state index >= 15 is 0 Å². The first kappa shape index (κ1) is 25.2. The Bertz CT molecular complexity index is 1430. The van der Waals surface area contributed by atoms with Crippen molar-refractivity contribution in [3.05, 3.63) is 83.1 Å². The zero-order valence-electron chi connectivity index (χ0n) is 21.8. The number of allylic oxidation sites excluding steroid dienone is 1. The standard InChI is InChI=1S/C30H30N2O6/c1-17(33)38-26-12-10-19(16-28(26)37-4)30-29-23(31-21-7-5-6-8-22(21)32-30)13-20(14-24(29)34)18-9-11-25(35-2)27(15-18)36-3/h5-12,15-16,20,30-32H,13-14H2,1-4H3/t20-,30+/m0/s1. The summed E-state index contributed by atoms with van der Waals surface area (Å²) in [5, 5.41) is 7.11. The van der Waals surface area contributed by atoms with E-state index in [1.807, 2.05) is 54.6 Å². The Labute approximate surface area is 221 Å². The minimum atomic E-state index is -0.435. The number of esters is 1. The van der Waals surface area contributed by atoms with Gasteiger partial charge in [-0.3, -0.25) is 9.59 Å². The summed E-state index contributed by atoms with van der Waals surface area (Å²) >= 11 is 0. The fourth-order valence-electron chi connectivity index (χ4n) is 5.19. The van der Waals surface area contributed by atoms with Crippen LogP contribution in [-0.2, 0) is 9.59 Å². The van der Waals surface area contributed by atoms with Crippen molar-refractivity contribution in [2.45, 2.75) is 31.7 Å². The van der Waals surface area contributed by atoms with Crippen LogP contribution < -0.4 is 29.6 Å². The van der Waals surface area contributed by atoms with Gasteiger partial charge in [0.25, 0.3) is 0 Å². The van der Waals surface area contributed by atoms with Crippen molar-refractivity contribution < 1.29 is 28.5 Å². The summed E-state index contributed by atoms with van der Waals surface area (Å²) in [7, 11) is 4.73. The van der Waals surface area contributed by atoms with Gasteiger partial charge in [-0.15, -0.1) is 0 Å². The van der Waals surface area contributed by atoms with Crippen molar-refractivity contribution in [1.82, 2.24) is 0 Å². The van der Waals surface area contributed by atoms with Crippen LogP contribution in [0, 0.1) is 0 Å². The van der Waals surface area contributed by atoms with Crippen LogP contribution in [0.1, 0.15) is 42.9 Å². The summed E-state index contributed by atoms with van der Waals surface area (Å²) in [5.41, 5.74) is 5.16. The molecule has 1 aliphatic carbocycles. The maximum Gasteiger partial charge on any atom is 0.308 e. The Morgan fingerprint density at radius 3 is 2.13 bits per heavy atom. The number of carbonyl (C=O) groups is 2. The van der Waals surface area contributed by atoms with Gasteiger partial charge >= 0.3 is 5.97 Å². The normalized spacial score (nSPS) is 18.3. The number of ketones is 1. The molecule has 3 aromatic carbocycles. The molecule has 3 aromatic rings. The van der Waals surface area contributed by atoms with E-state index < -0.39 is 12.0 Å². The Morgan fingerprint density at radius 2 is 1.42 bits per heavy atom. The van der Waals surface area contributed by atoms with Gasteiger partial charge in [0.15, 0.2) is 28.8 Å². The van der Waals surface area contributed by atoms with Crippen LogP contribution >= 0.6 is 0 Å². The van der Waals surface area contributed by atoms with Gasteiger partial charge in [-0.25, -0.2) is 0 Å². The molecule has 0 saturated heterocycles. The Morgan fingerprint density at radius 1 is 0.789 bits per heavy atom. The lowest BCUT2D eigenvalue weighted by Gasteiger charge is -2.30. The number of rotatable bonds is 6. The van der Waals surface area contributed by atoms with Crippen LogP contribution in [0.25, 0.3) is 0 Å². The van der Waals surface area contributed by atoms with Crippen LogP contribution in [0.3, 0.4) is 0 Å². The molecule has 2 N–H and O–H groups in total. The molecular formula is C30H30N2O6. The maximum absolute atomic E-state index is 13.8. The van der Waals surface area contributed by atoms with Gasteiger partial charge in [0.05, 0.1) is 38.7 Å². The van der Waals surface area contributed by atoms with Crippen LogP contribution in [-0.4, -0.2) is 33.1 Å². The van der Waals surface area contributed by atoms with Crippen molar-refractivity contribution >= 4 is 23.1 Å². The first-order valence-corrected chi connectivity index (χ1v) is 12.4. The van der Waals surface area contributed by atoms with E-state index in [-0.39, 0.29) is 11.7 Å². The highest BCUT2D eigenvalue weighted by Crippen LogP contribution is 2.46. The van der Waals surface area contributed by atoms with Crippen LogP contribution in [0.15, 0.2) is 71.9 Å². The molecule has 1 aliphatic heterocycles. The molecule has 5 rings (SSSR count). The van der Waals surface area contributed by atoms with Crippen molar-refractivity contribution in [1.29, 1.82) is 0 Å². The molecule has 38 heavy (non-hydrogen) atoms. The molecule has 196 valence electrons. The number of benzene rings is 3. The molecule has 0 fully saturated rings. The monoisotopic (exact) mass is 514 g/mol. The maximum atomic E-state index is 13.8. The average Bonchev–Trinajstić information content (AvgIpc) is 3.09. The van der Waals surface area contributed by atoms with Gasteiger partial charge in [-0.05, 0) is 59.9 Å². The molecule has 8 heteroatoms. The van der Waals surface area contributed by atoms with Gasteiger partial charge in [-0.1, -0.05) is 24.3 Å². The molecule has 0 spiro atoms. The van der Waals surface area contributed by atoms with Crippen molar-refractivity contribution in [2.24, 2.45) is 0 Å². The molecule has 0 aromatic heterocycles. The van der Waals surface area contributed by atoms with Crippen molar-refractivity contribution in [2.75, 3.05) is 32.0 Å². The van der Waals surface area contributed by atoms with Crippen LogP contribution in [0.5, 0.6) is 23.0 Å². The molecule has 0 unspecified atom stereocenters. The van der Waals surface area contributed by atoms with Crippen LogP contribution in [0.4, 0.5) is 11.4 Å². The number of nitrogens with one attached hydrogen (secondary N) is 2. The van der Waals surface area contributed by atoms with Gasteiger partial charge in [0, 0.05) is 24.6 Å². The lowest BCUT2D eigenvalue weighted by atomic mass is 9.78. The second kappa shape index (κ2) is 10.5. The first-order chi connectivity index (χ1) is 18.4. The number of carbonyl (C=O) groups excluding carboxylic acids is 2. The van der Waals surface area contributed by atoms with E-state index in [0.29, 0.717) is 41.4 Å². The molecular weight excluding hydrogens is 484 g/mol. The van der Waals surface area contributed by atoms with Gasteiger partial charge in [0.1, 0.15) is 0 Å². The third-order valence-corrected chi connectivity index (χ3v) is 6.96. The third-order valence-electron chi connectivity index (χ3n) is 6.96. The molecule has 2 atom stereocenters. The molecule has 0 radical (unpaired) electrons. The zero-order valence-corrected chi connectivity index (χ0v) is 21.8.